The van der Waals surface area contributed by atoms with Crippen LogP contribution < -0.4 is 0 Å². The topological polar surface area (TPSA) is 0 Å². The minimum Gasteiger partial charge on any atom is -0.0622 e. The zero-order chi connectivity index (χ0) is 15.6. The van der Waals surface area contributed by atoms with E-state index in [1.807, 2.05) is 5.56 Å². The van der Waals surface area contributed by atoms with Gasteiger partial charge in [-0.25, -0.2) is 0 Å². The van der Waals surface area contributed by atoms with E-state index >= 15 is 0 Å². The minimum atomic E-state index is 0.694. The van der Waals surface area contributed by atoms with E-state index < -0.39 is 0 Å². The Kier molecular flexibility index (Phi) is 1.15. The van der Waals surface area contributed by atoms with E-state index in [1.165, 1.54) is 94.7 Å². The molecule has 0 bridgehead atoms. The zero-order valence-corrected chi connectivity index (χ0v) is 14.9. The smallest absolute Gasteiger partial charge is 0.00547 e. The van der Waals surface area contributed by atoms with Crippen LogP contribution in [0.3, 0.4) is 0 Å². The van der Waals surface area contributed by atoms with Crippen molar-refractivity contribution in [1.29, 1.82) is 0 Å². The molecule has 12 aliphatic carbocycles. The fourth-order valence-electron chi connectivity index (χ4n) is 16.8. The summed E-state index contributed by atoms with van der Waals surface area (Å²) in [6.07, 6.45) is 0. The number of rotatable bonds is 1. The summed E-state index contributed by atoms with van der Waals surface area (Å²) in [6, 6.07) is 12.3. The largest absolute Gasteiger partial charge is 0.0622 e. The molecule has 0 heterocycles. The van der Waals surface area contributed by atoms with Crippen LogP contribution in [0.15, 0.2) is 30.3 Å². The predicted octanol–water partition coefficient (Wildman–Crippen LogP) is 3.78. The van der Waals surface area contributed by atoms with Gasteiger partial charge in [-0.3, -0.25) is 0 Å². The van der Waals surface area contributed by atoms with Gasteiger partial charge in [0.05, 0.1) is 0 Å². The highest BCUT2D eigenvalue weighted by Crippen LogP contribution is 3.04. The summed E-state index contributed by atoms with van der Waals surface area (Å²) in [5, 5.41) is 0. The van der Waals surface area contributed by atoms with E-state index in [2.05, 4.69) is 30.3 Å². The van der Waals surface area contributed by atoms with E-state index in [-0.39, 0.29) is 0 Å². The molecular formula is C26H24. The highest BCUT2D eigenvalue weighted by atomic mass is 15.1. The Morgan fingerprint density at radius 2 is 0.692 bits per heavy atom. The minimum absolute atomic E-state index is 0.694. The van der Waals surface area contributed by atoms with E-state index in [4.69, 9.17) is 0 Å². The lowest BCUT2D eigenvalue weighted by Crippen LogP contribution is -2.40. The van der Waals surface area contributed by atoms with E-state index in [1.54, 1.807) is 0 Å². The van der Waals surface area contributed by atoms with Crippen LogP contribution in [0.2, 0.25) is 0 Å². The Balaban J connectivity index is 1.34. The fraction of sp³-hybridized carbons (Fsp3) is 0.769. The molecule has 0 amide bonds. The van der Waals surface area contributed by atoms with Gasteiger partial charge in [-0.15, -0.1) is 0 Å². The van der Waals surface area contributed by atoms with Crippen LogP contribution in [0.5, 0.6) is 0 Å². The molecule has 0 saturated heterocycles. The van der Waals surface area contributed by atoms with Gasteiger partial charge in [-0.1, -0.05) is 30.3 Å². The van der Waals surface area contributed by atoms with Crippen molar-refractivity contribution < 1.29 is 0 Å². The van der Waals surface area contributed by atoms with Crippen molar-refractivity contribution in [3.8, 4) is 0 Å². The Bertz CT molecular complexity index is 862. The van der Waals surface area contributed by atoms with Gasteiger partial charge in [0, 0.05) is 5.41 Å². The van der Waals surface area contributed by atoms with Crippen LogP contribution in [-0.2, 0) is 5.41 Å². The molecule has 12 aliphatic rings. The normalized spacial score (nSPS) is 88.5. The third kappa shape index (κ3) is 0.591. The molecule has 0 aliphatic heterocycles. The SMILES string of the molecule is c1ccc(C23C4[C@@H]5[C@@H]6C7C8C9[C@@H]%10[C@@H]7[C@@H]5C2[C@H]%10[C@H]2C3[C@H]3[C@@H](C8[C@@H]6[C@@H]43)[C@H]92)cc1. The molecule has 1 aromatic rings. The second-order valence-electron chi connectivity index (χ2n) is 13.1. The van der Waals surface area contributed by atoms with Crippen LogP contribution in [0, 0.1) is 112 Å². The molecule has 8 unspecified atom stereocenters. The van der Waals surface area contributed by atoms with Gasteiger partial charge in [0.2, 0.25) is 0 Å². The van der Waals surface area contributed by atoms with E-state index in [0.29, 0.717) is 5.41 Å². The summed E-state index contributed by atoms with van der Waals surface area (Å²) in [5.74, 6) is 23.4. The predicted molar refractivity (Wildman–Crippen MR) is 94.4 cm³/mol. The van der Waals surface area contributed by atoms with Gasteiger partial charge < -0.3 is 0 Å². The van der Waals surface area contributed by atoms with Gasteiger partial charge in [0.15, 0.2) is 0 Å². The quantitative estimate of drug-likeness (QED) is 0.732. The number of benzene rings is 1. The second-order valence-corrected chi connectivity index (χ2v) is 13.1. The van der Waals surface area contributed by atoms with Crippen molar-refractivity contribution in [2.45, 2.75) is 5.41 Å². The van der Waals surface area contributed by atoms with Crippen LogP contribution in [0.4, 0.5) is 0 Å². The maximum Gasteiger partial charge on any atom is 0.00547 e. The van der Waals surface area contributed by atoms with E-state index in [0.717, 1.165) is 17.8 Å². The summed E-state index contributed by atoms with van der Waals surface area (Å²) >= 11 is 0. The maximum absolute atomic E-state index is 2.61. The Morgan fingerprint density at radius 1 is 0.385 bits per heavy atom. The fourth-order valence-corrected chi connectivity index (χ4v) is 16.8. The average molecular weight is 336 g/mol. The van der Waals surface area contributed by atoms with Crippen molar-refractivity contribution in [3.05, 3.63) is 35.9 Å². The summed E-state index contributed by atoms with van der Waals surface area (Å²) in [5.41, 5.74) is 2.55. The Hall–Kier alpha value is -0.780. The highest BCUT2D eigenvalue weighted by Gasteiger charge is 3.01. The first-order valence-corrected chi connectivity index (χ1v) is 12.0. The molecule has 1 aromatic carbocycles. The average Bonchev–Trinajstić information content (AvgIpc) is 3.34. The van der Waals surface area contributed by atoms with Crippen molar-refractivity contribution in [2.75, 3.05) is 0 Å². The second kappa shape index (κ2) is 2.65. The lowest BCUT2D eigenvalue weighted by atomic mass is 9.63. The molecule has 0 aromatic heterocycles. The Labute approximate surface area is 154 Å². The lowest BCUT2D eigenvalue weighted by molar-refractivity contribution is 0.161. The first-order valence-electron chi connectivity index (χ1n) is 12.0. The Morgan fingerprint density at radius 3 is 1.04 bits per heavy atom. The van der Waals surface area contributed by atoms with Gasteiger partial charge in [0.1, 0.15) is 0 Å². The van der Waals surface area contributed by atoms with Gasteiger partial charge in [-0.05, 0) is 118 Å². The lowest BCUT2D eigenvalue weighted by Gasteiger charge is -2.40. The zero-order valence-electron chi connectivity index (χ0n) is 14.9. The van der Waals surface area contributed by atoms with Crippen LogP contribution in [-0.4, -0.2) is 0 Å². The molecule has 128 valence electrons. The van der Waals surface area contributed by atoms with Crippen molar-refractivity contribution in [3.63, 3.8) is 0 Å². The highest BCUT2D eigenvalue weighted by molar-refractivity contribution is 5.53. The van der Waals surface area contributed by atoms with Crippen molar-refractivity contribution in [2.24, 2.45) is 112 Å². The summed E-state index contributed by atoms with van der Waals surface area (Å²) in [6.45, 7) is 0. The molecule has 0 nitrogen and oxygen atoms in total. The summed E-state index contributed by atoms with van der Waals surface area (Å²) in [7, 11) is 0. The number of hydrogen-bond acceptors (Lipinski definition) is 0. The third-order valence-corrected chi connectivity index (χ3v) is 14.7. The maximum atomic E-state index is 2.61. The molecular weight excluding hydrogens is 312 g/mol. The van der Waals surface area contributed by atoms with Crippen LogP contribution in [0.1, 0.15) is 5.56 Å². The third-order valence-electron chi connectivity index (χ3n) is 14.7. The van der Waals surface area contributed by atoms with Crippen molar-refractivity contribution >= 4 is 0 Å². The molecule has 20 atom stereocenters. The first kappa shape index (κ1) is 11.3. The standard InChI is InChI=1S/C26H24/c1-2-4-6(5-3-1)26-23-17-11-8-7-9-13(11)19(23)21-15(9)16-10(7)14-12(8)18(17)24(26)20(14)22(16)25(21)26/h1-5,7-25H/t7?,8?,9?,10?,11-,12-,13-,14+,15+,16+,17-,18+,19-,20+,21+,22-,23?,24?,25?,26?/m0/s1. The molecule has 12 fully saturated rings. The van der Waals surface area contributed by atoms with Crippen LogP contribution >= 0.6 is 0 Å². The van der Waals surface area contributed by atoms with E-state index in [9.17, 15) is 0 Å². The molecule has 0 N–H and O–H groups in total. The summed E-state index contributed by atoms with van der Waals surface area (Å²) in [4.78, 5) is 0. The van der Waals surface area contributed by atoms with Gasteiger partial charge in [-0.2, -0.15) is 0 Å². The molecule has 0 spiro atoms. The number of hydrogen-bond donors (Lipinski definition) is 0. The monoisotopic (exact) mass is 336 g/mol. The van der Waals surface area contributed by atoms with Gasteiger partial charge in [0.25, 0.3) is 0 Å². The molecule has 0 radical (unpaired) electrons. The molecule has 13 rings (SSSR count). The summed E-state index contributed by atoms with van der Waals surface area (Å²) < 4.78 is 0. The molecule has 0 heteroatoms. The first-order chi connectivity index (χ1) is 13.0. The molecule has 26 heavy (non-hydrogen) atoms. The molecule has 12 saturated carbocycles. The van der Waals surface area contributed by atoms with Crippen molar-refractivity contribution in [1.82, 2.24) is 0 Å². The van der Waals surface area contributed by atoms with Gasteiger partial charge >= 0.3 is 0 Å². The van der Waals surface area contributed by atoms with Crippen LogP contribution in [0.25, 0.3) is 0 Å².